The molecule has 0 aromatic carbocycles. The van der Waals surface area contributed by atoms with Crippen LogP contribution in [0.15, 0.2) is 0 Å². The maximum atomic E-state index is 13.5. The molecule has 0 rings (SSSR count). The summed E-state index contributed by atoms with van der Waals surface area (Å²) < 4.78 is 0. The number of carboxylic acids is 1. The van der Waals surface area contributed by atoms with Crippen molar-refractivity contribution in [1.82, 2.24) is 47.9 Å². The molecule has 0 unspecified atom stereocenters. The second-order valence-electron chi connectivity index (χ2n) is 14.0. The molecule has 62 heavy (non-hydrogen) atoms. The largest absolute Gasteiger partial charge is 0.480 e. The Labute approximate surface area is 379 Å². The van der Waals surface area contributed by atoms with Crippen LogP contribution in [0, 0.1) is 11.3 Å². The SMILES string of the molecule is CSCC[C@H](NC(=O)[C@@H](N)CC(C)C)C(=O)N[C@@H](CCCNC(=N)N)C(=O)N[C@@H](CS)C(=O)NCC(=O)NCC(=O)N[C@@H](CS)C(=O)N[C@@H](CS)C(=O)N[C@@H](CC(N)=O)C(=O)O. The smallest absolute Gasteiger partial charge is 0.326 e. The molecular weight excluding hydrogens is 895 g/mol. The van der Waals surface area contributed by atoms with Crippen molar-refractivity contribution < 1.29 is 53.1 Å². The van der Waals surface area contributed by atoms with Gasteiger partial charge >= 0.3 is 5.97 Å². The molecule has 352 valence electrons. The molecule has 17 N–H and O–H groups in total. The van der Waals surface area contributed by atoms with Gasteiger partial charge in [0.15, 0.2) is 5.96 Å². The molecule has 0 saturated heterocycles. The van der Waals surface area contributed by atoms with Gasteiger partial charge in [-0.2, -0.15) is 49.6 Å². The number of aliphatic carboxylic acids is 1. The Balaban J connectivity index is 5.48. The Hall–Kier alpha value is -4.67. The summed E-state index contributed by atoms with van der Waals surface area (Å²) in [6.07, 6.45) is 1.97. The monoisotopic (exact) mass is 955 g/mol. The van der Waals surface area contributed by atoms with Gasteiger partial charge in [-0.1, -0.05) is 13.8 Å². The Morgan fingerprint density at radius 1 is 0.613 bits per heavy atom. The molecule has 28 heteroatoms. The highest BCUT2D eigenvalue weighted by atomic mass is 32.2. The standard InChI is InChI=1S/C34H61N13O11S4/c1-16(2)9-17(35)27(51)43-19(6-8-62-3)30(54)44-18(5-4-7-39-34(37)38)29(53)46-21(13-59)28(52)41-11-25(49)40-12-26(50)42-22(14-60)31(55)47-23(15-61)32(56)45-20(33(57)58)10-24(36)48/h16-23,59-61H,4-15,35H2,1-3H3,(H2,36,48)(H,40,49)(H,41,52)(H,42,50)(H,43,51)(H,44,54)(H,45,56)(H,46,53)(H,47,55)(H,57,58)(H4,37,38,39)/t17-,18-,19-,20-,21-,22-,23-/m0/s1. The zero-order valence-electron chi connectivity index (χ0n) is 34.6. The van der Waals surface area contributed by atoms with Crippen LogP contribution < -0.4 is 65.1 Å². The number of thiol groups is 3. The molecule has 0 aliphatic carbocycles. The van der Waals surface area contributed by atoms with E-state index in [0.717, 1.165) is 0 Å². The zero-order chi connectivity index (χ0) is 47.5. The number of primary amides is 1. The maximum Gasteiger partial charge on any atom is 0.326 e. The van der Waals surface area contributed by atoms with Crippen LogP contribution in [-0.4, -0.2) is 161 Å². The first-order chi connectivity index (χ1) is 29.1. The van der Waals surface area contributed by atoms with Crippen LogP contribution in [0.4, 0.5) is 0 Å². The van der Waals surface area contributed by atoms with E-state index in [1.807, 2.05) is 20.1 Å². The number of carbonyl (C=O) groups is 10. The minimum absolute atomic E-state index is 0.0196. The van der Waals surface area contributed by atoms with E-state index >= 15 is 0 Å². The van der Waals surface area contributed by atoms with Crippen molar-refractivity contribution in [3.63, 3.8) is 0 Å². The lowest BCUT2D eigenvalue weighted by atomic mass is 10.0. The van der Waals surface area contributed by atoms with Crippen LogP contribution in [0.3, 0.4) is 0 Å². The highest BCUT2D eigenvalue weighted by molar-refractivity contribution is 7.98. The third-order valence-corrected chi connectivity index (χ3v) is 10.0. The first kappa shape index (κ1) is 57.3. The molecule has 0 heterocycles. The van der Waals surface area contributed by atoms with Crippen molar-refractivity contribution in [2.24, 2.45) is 23.1 Å². The molecule has 0 bridgehead atoms. The molecule has 0 aliphatic heterocycles. The molecule has 0 radical (unpaired) electrons. The lowest BCUT2D eigenvalue weighted by molar-refractivity contribution is -0.143. The van der Waals surface area contributed by atoms with Gasteiger partial charge in [-0.05, 0) is 43.6 Å². The van der Waals surface area contributed by atoms with Crippen LogP contribution in [0.25, 0.3) is 0 Å². The van der Waals surface area contributed by atoms with Gasteiger partial charge in [0.2, 0.25) is 53.2 Å². The minimum atomic E-state index is -1.67. The Morgan fingerprint density at radius 3 is 1.55 bits per heavy atom. The van der Waals surface area contributed by atoms with Crippen molar-refractivity contribution in [2.75, 3.05) is 48.9 Å². The highest BCUT2D eigenvalue weighted by Crippen LogP contribution is 2.08. The van der Waals surface area contributed by atoms with Gasteiger partial charge in [0.25, 0.3) is 0 Å². The van der Waals surface area contributed by atoms with Gasteiger partial charge < -0.3 is 70.2 Å². The lowest BCUT2D eigenvalue weighted by Crippen LogP contribution is -2.58. The van der Waals surface area contributed by atoms with Crippen molar-refractivity contribution in [3.8, 4) is 0 Å². The fourth-order valence-corrected chi connectivity index (χ4v) is 6.29. The minimum Gasteiger partial charge on any atom is -0.480 e. The van der Waals surface area contributed by atoms with Gasteiger partial charge in [-0.25, -0.2) is 4.79 Å². The quantitative estimate of drug-likeness (QED) is 0.0133. The van der Waals surface area contributed by atoms with Crippen LogP contribution >= 0.6 is 49.6 Å². The predicted octanol–water partition coefficient (Wildman–Crippen LogP) is -5.73. The Kier molecular flexibility index (Phi) is 28.9. The van der Waals surface area contributed by atoms with Crippen molar-refractivity contribution in [2.45, 2.75) is 88.2 Å². The summed E-state index contributed by atoms with van der Waals surface area (Å²) in [7, 11) is 0. The summed E-state index contributed by atoms with van der Waals surface area (Å²) in [6, 6.07) is -8.85. The third kappa shape index (κ3) is 24.1. The first-order valence-electron chi connectivity index (χ1n) is 19.1. The number of guanidine groups is 1. The van der Waals surface area contributed by atoms with Crippen LogP contribution in [0.2, 0.25) is 0 Å². The van der Waals surface area contributed by atoms with Gasteiger partial charge in [-0.3, -0.25) is 48.6 Å². The number of thioether (sulfide) groups is 1. The molecule has 0 saturated carbocycles. The molecule has 0 aliphatic rings. The topological polar surface area (TPSA) is 401 Å². The van der Waals surface area contributed by atoms with E-state index in [2.05, 4.69) is 85.7 Å². The molecule has 9 amide bonds. The Bertz CT molecular complexity index is 1580. The number of hydrogen-bond donors (Lipinski definition) is 17. The number of nitrogens with two attached hydrogens (primary N) is 3. The predicted molar refractivity (Wildman–Crippen MR) is 240 cm³/mol. The fourth-order valence-electron chi connectivity index (χ4n) is 5.05. The maximum absolute atomic E-state index is 13.5. The van der Waals surface area contributed by atoms with Gasteiger partial charge in [0, 0.05) is 23.8 Å². The van der Waals surface area contributed by atoms with E-state index in [4.69, 9.17) is 22.6 Å². The summed E-state index contributed by atoms with van der Waals surface area (Å²) >= 11 is 13.6. The zero-order valence-corrected chi connectivity index (χ0v) is 38.1. The van der Waals surface area contributed by atoms with Gasteiger partial charge in [0.1, 0.15) is 36.3 Å². The summed E-state index contributed by atoms with van der Waals surface area (Å²) in [5.74, 6) is -9.56. The molecule has 7 atom stereocenters. The van der Waals surface area contributed by atoms with E-state index in [-0.39, 0.29) is 54.9 Å². The van der Waals surface area contributed by atoms with E-state index < -0.39 is 121 Å². The summed E-state index contributed by atoms with van der Waals surface area (Å²) in [5, 5.41) is 38.1. The average Bonchev–Trinajstić information content (AvgIpc) is 3.20. The molecule has 24 nitrogen and oxygen atoms in total. The molecular formula is C34H61N13O11S4. The summed E-state index contributed by atoms with van der Waals surface area (Å²) in [6.45, 7) is 2.62. The molecule has 0 fully saturated rings. The summed E-state index contributed by atoms with van der Waals surface area (Å²) in [5.41, 5.74) is 16.4. The normalized spacial score (nSPS) is 14.2. The highest BCUT2D eigenvalue weighted by Gasteiger charge is 2.32. The number of amides is 9. The second kappa shape index (κ2) is 31.2. The van der Waals surface area contributed by atoms with Gasteiger partial charge in [0.05, 0.1) is 25.6 Å². The van der Waals surface area contributed by atoms with Crippen LogP contribution in [0.5, 0.6) is 0 Å². The molecule has 0 spiro atoms. The van der Waals surface area contributed by atoms with Crippen LogP contribution in [-0.2, 0) is 47.9 Å². The van der Waals surface area contributed by atoms with E-state index in [1.165, 1.54) is 11.8 Å². The lowest BCUT2D eigenvalue weighted by Gasteiger charge is -2.26. The molecule has 0 aromatic heterocycles. The second-order valence-corrected chi connectivity index (χ2v) is 16.1. The van der Waals surface area contributed by atoms with Crippen molar-refractivity contribution in [1.29, 1.82) is 5.41 Å². The number of carboxylic acid groups (broad SMARTS) is 1. The van der Waals surface area contributed by atoms with Crippen LogP contribution in [0.1, 0.15) is 46.0 Å². The number of nitrogens with one attached hydrogen (secondary N) is 10. The van der Waals surface area contributed by atoms with Crippen molar-refractivity contribution in [3.05, 3.63) is 0 Å². The molecule has 0 aromatic rings. The van der Waals surface area contributed by atoms with Crippen molar-refractivity contribution >= 4 is 115 Å². The van der Waals surface area contributed by atoms with E-state index in [0.29, 0.717) is 12.2 Å². The summed E-state index contributed by atoms with van der Waals surface area (Å²) in [4.78, 5) is 126. The fraction of sp³-hybridized carbons (Fsp3) is 0.676. The number of rotatable bonds is 31. The van der Waals surface area contributed by atoms with Gasteiger partial charge in [-0.15, -0.1) is 0 Å². The third-order valence-electron chi connectivity index (χ3n) is 8.28. The van der Waals surface area contributed by atoms with E-state index in [9.17, 15) is 53.1 Å². The van der Waals surface area contributed by atoms with E-state index in [1.54, 1.807) is 0 Å². The number of carbonyl (C=O) groups excluding carboxylic acids is 9. The first-order valence-corrected chi connectivity index (χ1v) is 22.4. The Morgan fingerprint density at radius 2 is 1.06 bits per heavy atom. The number of hydrogen-bond acceptors (Lipinski definition) is 16. The average molecular weight is 956 g/mol.